The van der Waals surface area contributed by atoms with Crippen molar-refractivity contribution in [2.75, 3.05) is 5.75 Å². The summed E-state index contributed by atoms with van der Waals surface area (Å²) in [6.07, 6.45) is 0. The van der Waals surface area contributed by atoms with Crippen molar-refractivity contribution in [1.29, 1.82) is 0 Å². The maximum absolute atomic E-state index is 11.3. The molecule has 0 saturated heterocycles. The molecule has 20 heavy (non-hydrogen) atoms. The number of carboxylic acid groups (broad SMARTS) is 1. The van der Waals surface area contributed by atoms with Crippen molar-refractivity contribution in [1.82, 2.24) is 9.97 Å². The van der Waals surface area contributed by atoms with E-state index in [2.05, 4.69) is 9.97 Å². The lowest BCUT2D eigenvalue weighted by Gasteiger charge is -2.11. The largest absolute Gasteiger partial charge is 0.481 e. The van der Waals surface area contributed by atoms with Crippen LogP contribution in [0.4, 0.5) is 0 Å². The van der Waals surface area contributed by atoms with Crippen LogP contribution in [-0.4, -0.2) is 26.8 Å². The summed E-state index contributed by atoms with van der Waals surface area (Å²) < 4.78 is 0. The van der Waals surface area contributed by atoms with Gasteiger partial charge in [-0.3, -0.25) is 9.59 Å². The van der Waals surface area contributed by atoms with E-state index >= 15 is 0 Å². The second kappa shape index (κ2) is 6.38. The lowest BCUT2D eigenvalue weighted by atomic mass is 10.0. The molecule has 2 aromatic rings. The van der Waals surface area contributed by atoms with Gasteiger partial charge in [-0.15, -0.1) is 0 Å². The number of aryl methyl sites for hydroxylation is 1. The molecule has 0 saturated carbocycles. The Bertz CT molecular complexity index is 655. The SMILES string of the molecule is Cc1cc(=O)[nH]c(SCC(C(=O)O)c2ccccc2)n1. The summed E-state index contributed by atoms with van der Waals surface area (Å²) in [5, 5.41) is 9.75. The summed E-state index contributed by atoms with van der Waals surface area (Å²) in [6.45, 7) is 1.73. The molecule has 6 heteroatoms. The molecule has 0 radical (unpaired) electrons. The number of rotatable bonds is 5. The molecule has 104 valence electrons. The van der Waals surface area contributed by atoms with E-state index in [4.69, 9.17) is 0 Å². The first kappa shape index (κ1) is 14.3. The third-order valence-corrected chi connectivity index (χ3v) is 3.70. The zero-order chi connectivity index (χ0) is 14.5. The van der Waals surface area contributed by atoms with E-state index in [1.807, 2.05) is 18.2 Å². The molecule has 0 fully saturated rings. The lowest BCUT2D eigenvalue weighted by Crippen LogP contribution is -2.15. The molecule has 0 amide bonds. The number of hydrogen-bond donors (Lipinski definition) is 2. The van der Waals surface area contributed by atoms with Crippen LogP contribution in [0.3, 0.4) is 0 Å². The molecule has 0 aliphatic rings. The first-order valence-electron chi connectivity index (χ1n) is 6.05. The fourth-order valence-corrected chi connectivity index (χ4v) is 2.82. The average Bonchev–Trinajstić information content (AvgIpc) is 2.38. The van der Waals surface area contributed by atoms with Crippen molar-refractivity contribution >= 4 is 17.7 Å². The summed E-state index contributed by atoms with van der Waals surface area (Å²) in [4.78, 5) is 29.5. The van der Waals surface area contributed by atoms with Gasteiger partial charge in [0.1, 0.15) is 0 Å². The van der Waals surface area contributed by atoms with Gasteiger partial charge in [0.15, 0.2) is 5.16 Å². The maximum Gasteiger partial charge on any atom is 0.311 e. The van der Waals surface area contributed by atoms with E-state index in [0.717, 1.165) is 5.56 Å². The van der Waals surface area contributed by atoms with Gasteiger partial charge in [0.05, 0.1) is 5.92 Å². The summed E-state index contributed by atoms with van der Waals surface area (Å²) >= 11 is 1.23. The molecule has 0 aliphatic heterocycles. The normalized spacial score (nSPS) is 12.1. The highest BCUT2D eigenvalue weighted by atomic mass is 32.2. The van der Waals surface area contributed by atoms with Crippen molar-refractivity contribution in [2.45, 2.75) is 18.0 Å². The van der Waals surface area contributed by atoms with Crippen LogP contribution in [0.2, 0.25) is 0 Å². The zero-order valence-corrected chi connectivity index (χ0v) is 11.7. The number of carboxylic acids is 1. The second-order valence-corrected chi connectivity index (χ2v) is 5.31. The Labute approximate surface area is 120 Å². The van der Waals surface area contributed by atoms with Crippen LogP contribution in [0.1, 0.15) is 17.2 Å². The van der Waals surface area contributed by atoms with Crippen LogP contribution in [-0.2, 0) is 4.79 Å². The monoisotopic (exact) mass is 290 g/mol. The number of benzene rings is 1. The average molecular weight is 290 g/mol. The van der Waals surface area contributed by atoms with Crippen LogP contribution < -0.4 is 5.56 Å². The predicted octanol–water partition coefficient (Wildman–Crippen LogP) is 2.04. The highest BCUT2D eigenvalue weighted by molar-refractivity contribution is 7.99. The van der Waals surface area contributed by atoms with E-state index in [0.29, 0.717) is 16.6 Å². The fraction of sp³-hybridized carbons (Fsp3) is 0.214. The first-order chi connectivity index (χ1) is 9.56. The van der Waals surface area contributed by atoms with Gasteiger partial charge in [-0.05, 0) is 12.5 Å². The van der Waals surface area contributed by atoms with Gasteiger partial charge in [-0.2, -0.15) is 0 Å². The molecule has 2 N–H and O–H groups in total. The Morgan fingerprint density at radius 1 is 1.40 bits per heavy atom. The van der Waals surface area contributed by atoms with Crippen molar-refractivity contribution in [2.24, 2.45) is 0 Å². The predicted molar refractivity (Wildman–Crippen MR) is 77.1 cm³/mol. The highest BCUT2D eigenvalue weighted by Crippen LogP contribution is 2.24. The molecule has 0 bridgehead atoms. The molecular weight excluding hydrogens is 276 g/mol. The number of carbonyl (C=O) groups is 1. The lowest BCUT2D eigenvalue weighted by molar-refractivity contribution is -0.138. The highest BCUT2D eigenvalue weighted by Gasteiger charge is 2.20. The number of nitrogens with one attached hydrogen (secondary N) is 1. The minimum Gasteiger partial charge on any atom is -0.481 e. The molecule has 0 aliphatic carbocycles. The third kappa shape index (κ3) is 3.71. The standard InChI is InChI=1S/C14H14N2O3S/c1-9-7-12(17)16-14(15-9)20-8-11(13(18)19)10-5-3-2-4-6-10/h2-7,11H,8H2,1H3,(H,18,19)(H,15,16,17). The Kier molecular flexibility index (Phi) is 4.57. The van der Waals surface area contributed by atoms with Gasteiger partial charge in [-0.25, -0.2) is 4.98 Å². The molecule has 1 heterocycles. The molecular formula is C14H14N2O3S. The third-order valence-electron chi connectivity index (χ3n) is 2.73. The topological polar surface area (TPSA) is 83.0 Å². The van der Waals surface area contributed by atoms with Gasteiger partial charge in [0.2, 0.25) is 0 Å². The second-order valence-electron chi connectivity index (χ2n) is 4.30. The Hall–Kier alpha value is -2.08. The van der Waals surface area contributed by atoms with E-state index < -0.39 is 11.9 Å². The molecule has 1 aromatic heterocycles. The Morgan fingerprint density at radius 2 is 2.10 bits per heavy atom. The minimum absolute atomic E-state index is 0.230. The van der Waals surface area contributed by atoms with Crippen molar-refractivity contribution in [3.05, 3.63) is 58.0 Å². The Balaban J connectivity index is 2.14. The Morgan fingerprint density at radius 3 is 2.70 bits per heavy atom. The van der Waals surface area contributed by atoms with Gasteiger partial charge < -0.3 is 10.1 Å². The fourth-order valence-electron chi connectivity index (χ4n) is 1.78. The molecule has 2 rings (SSSR count). The quantitative estimate of drug-likeness (QED) is 0.650. The van der Waals surface area contributed by atoms with E-state index in [9.17, 15) is 14.7 Å². The van der Waals surface area contributed by atoms with Crippen molar-refractivity contribution in [3.63, 3.8) is 0 Å². The number of thioether (sulfide) groups is 1. The minimum atomic E-state index is -0.890. The summed E-state index contributed by atoms with van der Waals surface area (Å²) in [5.41, 5.74) is 1.12. The van der Waals surface area contributed by atoms with Crippen LogP contribution in [0, 0.1) is 6.92 Å². The maximum atomic E-state index is 11.3. The number of hydrogen-bond acceptors (Lipinski definition) is 4. The van der Waals surface area contributed by atoms with Gasteiger partial charge in [0.25, 0.3) is 5.56 Å². The first-order valence-corrected chi connectivity index (χ1v) is 7.03. The van der Waals surface area contributed by atoms with Crippen LogP contribution in [0.5, 0.6) is 0 Å². The summed E-state index contributed by atoms with van der Waals surface area (Å²) in [6, 6.07) is 10.4. The summed E-state index contributed by atoms with van der Waals surface area (Å²) in [7, 11) is 0. The van der Waals surface area contributed by atoms with Gasteiger partial charge in [-0.1, -0.05) is 42.1 Å². The van der Waals surface area contributed by atoms with E-state index in [-0.39, 0.29) is 5.56 Å². The van der Waals surface area contributed by atoms with Gasteiger partial charge in [0, 0.05) is 17.5 Å². The number of aromatic amines is 1. The molecule has 5 nitrogen and oxygen atoms in total. The number of H-pyrrole nitrogens is 1. The molecule has 1 aromatic carbocycles. The molecule has 1 unspecified atom stereocenters. The number of aromatic nitrogens is 2. The zero-order valence-electron chi connectivity index (χ0n) is 10.9. The summed E-state index contributed by atoms with van der Waals surface area (Å²) in [5.74, 6) is -1.21. The van der Waals surface area contributed by atoms with Crippen molar-refractivity contribution in [3.8, 4) is 0 Å². The number of aliphatic carboxylic acids is 1. The van der Waals surface area contributed by atoms with Crippen molar-refractivity contribution < 1.29 is 9.90 Å². The molecule has 0 spiro atoms. The smallest absolute Gasteiger partial charge is 0.311 e. The number of nitrogens with zero attached hydrogens (tertiary/aromatic N) is 1. The van der Waals surface area contributed by atoms with E-state index in [1.54, 1.807) is 19.1 Å². The van der Waals surface area contributed by atoms with Gasteiger partial charge >= 0.3 is 5.97 Å². The van der Waals surface area contributed by atoms with Crippen LogP contribution in [0.25, 0.3) is 0 Å². The van der Waals surface area contributed by atoms with E-state index in [1.165, 1.54) is 17.8 Å². The van der Waals surface area contributed by atoms with Crippen LogP contribution >= 0.6 is 11.8 Å². The molecule has 1 atom stereocenters. The van der Waals surface area contributed by atoms with Crippen LogP contribution in [0.15, 0.2) is 46.3 Å².